The first-order valence-corrected chi connectivity index (χ1v) is 7.42. The standard InChI is InChI=1S/C15H23ClN2O/c1-3-18(11-14-5-4-8-19-14)15-7-6-13(16)9-12(15)10-17-2/h6-7,9,14,17H,3-5,8,10-11H2,1-2H3. The van der Waals surface area contributed by atoms with E-state index in [1.54, 1.807) is 0 Å². The van der Waals surface area contributed by atoms with Crippen LogP contribution in [0.15, 0.2) is 18.2 Å². The highest BCUT2D eigenvalue weighted by molar-refractivity contribution is 6.30. The fraction of sp³-hybridized carbons (Fsp3) is 0.600. The van der Waals surface area contributed by atoms with Crippen LogP contribution in [-0.4, -0.2) is 32.8 Å². The molecule has 1 aromatic carbocycles. The highest BCUT2D eigenvalue weighted by Crippen LogP contribution is 2.26. The van der Waals surface area contributed by atoms with Gasteiger partial charge in [-0.05, 0) is 50.6 Å². The molecule has 1 aliphatic heterocycles. The van der Waals surface area contributed by atoms with Crippen LogP contribution in [0.2, 0.25) is 5.02 Å². The van der Waals surface area contributed by atoms with Crippen LogP contribution in [0.3, 0.4) is 0 Å². The van der Waals surface area contributed by atoms with Gasteiger partial charge >= 0.3 is 0 Å². The van der Waals surface area contributed by atoms with Crippen molar-refractivity contribution in [3.63, 3.8) is 0 Å². The average Bonchev–Trinajstić information content (AvgIpc) is 2.90. The molecule has 1 atom stereocenters. The fourth-order valence-electron chi connectivity index (χ4n) is 2.63. The van der Waals surface area contributed by atoms with Gasteiger partial charge in [0.15, 0.2) is 0 Å². The van der Waals surface area contributed by atoms with Gasteiger partial charge in [0.1, 0.15) is 0 Å². The van der Waals surface area contributed by atoms with Crippen LogP contribution in [0, 0.1) is 0 Å². The largest absolute Gasteiger partial charge is 0.376 e. The summed E-state index contributed by atoms with van der Waals surface area (Å²) < 4.78 is 5.75. The summed E-state index contributed by atoms with van der Waals surface area (Å²) in [5.41, 5.74) is 2.51. The number of hydrogen-bond acceptors (Lipinski definition) is 3. The van der Waals surface area contributed by atoms with Crippen molar-refractivity contribution in [3.05, 3.63) is 28.8 Å². The molecule has 1 aliphatic rings. The van der Waals surface area contributed by atoms with Gasteiger partial charge < -0.3 is 15.0 Å². The Balaban J connectivity index is 2.16. The molecule has 1 N–H and O–H groups in total. The first-order chi connectivity index (χ1) is 9.24. The topological polar surface area (TPSA) is 24.5 Å². The number of anilines is 1. The Kier molecular flexibility index (Phi) is 5.49. The van der Waals surface area contributed by atoms with Crippen molar-refractivity contribution in [3.8, 4) is 0 Å². The van der Waals surface area contributed by atoms with E-state index in [1.165, 1.54) is 24.1 Å². The number of benzene rings is 1. The molecular formula is C15H23ClN2O. The minimum atomic E-state index is 0.373. The van der Waals surface area contributed by atoms with Crippen LogP contribution in [0.1, 0.15) is 25.3 Å². The van der Waals surface area contributed by atoms with E-state index in [1.807, 2.05) is 19.2 Å². The molecule has 4 heteroatoms. The molecule has 0 radical (unpaired) electrons. The minimum Gasteiger partial charge on any atom is -0.376 e. The van der Waals surface area contributed by atoms with Gasteiger partial charge in [0.2, 0.25) is 0 Å². The molecule has 0 spiro atoms. The minimum absolute atomic E-state index is 0.373. The summed E-state index contributed by atoms with van der Waals surface area (Å²) in [6.07, 6.45) is 2.73. The molecule has 2 rings (SSSR count). The van der Waals surface area contributed by atoms with Crippen LogP contribution in [-0.2, 0) is 11.3 Å². The van der Waals surface area contributed by atoms with E-state index < -0.39 is 0 Å². The van der Waals surface area contributed by atoms with Gasteiger partial charge in [-0.25, -0.2) is 0 Å². The molecule has 1 fully saturated rings. The van der Waals surface area contributed by atoms with E-state index in [0.717, 1.165) is 31.3 Å². The monoisotopic (exact) mass is 282 g/mol. The second-order valence-corrected chi connectivity index (χ2v) is 5.41. The molecule has 0 bridgehead atoms. The van der Waals surface area contributed by atoms with Crippen LogP contribution >= 0.6 is 11.6 Å². The molecule has 3 nitrogen and oxygen atoms in total. The summed E-state index contributed by atoms with van der Waals surface area (Å²) >= 11 is 6.10. The number of rotatable bonds is 6. The molecule has 0 aromatic heterocycles. The molecule has 0 aliphatic carbocycles. The second kappa shape index (κ2) is 7.13. The summed E-state index contributed by atoms with van der Waals surface area (Å²) in [6.45, 7) is 5.88. The third-order valence-electron chi connectivity index (χ3n) is 3.58. The Morgan fingerprint density at radius 1 is 1.47 bits per heavy atom. The summed E-state index contributed by atoms with van der Waals surface area (Å²) in [5.74, 6) is 0. The third kappa shape index (κ3) is 3.85. The van der Waals surface area contributed by atoms with E-state index in [-0.39, 0.29) is 0 Å². The Morgan fingerprint density at radius 3 is 2.95 bits per heavy atom. The smallest absolute Gasteiger partial charge is 0.0750 e. The van der Waals surface area contributed by atoms with Crippen LogP contribution in [0.4, 0.5) is 5.69 Å². The van der Waals surface area contributed by atoms with E-state index in [9.17, 15) is 0 Å². The summed E-state index contributed by atoms with van der Waals surface area (Å²) in [4.78, 5) is 2.39. The van der Waals surface area contributed by atoms with Crippen molar-refractivity contribution in [2.24, 2.45) is 0 Å². The van der Waals surface area contributed by atoms with E-state index in [0.29, 0.717) is 6.10 Å². The van der Waals surface area contributed by atoms with Crippen molar-refractivity contribution in [1.29, 1.82) is 0 Å². The first kappa shape index (κ1) is 14.6. The lowest BCUT2D eigenvalue weighted by molar-refractivity contribution is 0.115. The van der Waals surface area contributed by atoms with Gasteiger partial charge in [-0.2, -0.15) is 0 Å². The van der Waals surface area contributed by atoms with E-state index in [4.69, 9.17) is 16.3 Å². The predicted molar refractivity (Wildman–Crippen MR) is 81.1 cm³/mol. The van der Waals surface area contributed by atoms with Gasteiger partial charge in [-0.3, -0.25) is 0 Å². The highest BCUT2D eigenvalue weighted by Gasteiger charge is 2.20. The van der Waals surface area contributed by atoms with Crippen molar-refractivity contribution < 1.29 is 4.74 Å². The second-order valence-electron chi connectivity index (χ2n) is 4.98. The number of likely N-dealkylation sites (N-methyl/N-ethyl adjacent to an activating group) is 1. The summed E-state index contributed by atoms with van der Waals surface area (Å²) in [6, 6.07) is 6.13. The Hall–Kier alpha value is -0.770. The lowest BCUT2D eigenvalue weighted by Crippen LogP contribution is -2.33. The van der Waals surface area contributed by atoms with Crippen molar-refractivity contribution in [2.45, 2.75) is 32.4 Å². The van der Waals surface area contributed by atoms with Gasteiger partial charge in [0.25, 0.3) is 0 Å². The quantitative estimate of drug-likeness (QED) is 0.868. The maximum Gasteiger partial charge on any atom is 0.0750 e. The molecule has 19 heavy (non-hydrogen) atoms. The lowest BCUT2D eigenvalue weighted by Gasteiger charge is -2.28. The van der Waals surface area contributed by atoms with Gasteiger partial charge in [0, 0.05) is 37.0 Å². The molecule has 1 heterocycles. The maximum atomic E-state index is 6.10. The highest BCUT2D eigenvalue weighted by atomic mass is 35.5. The lowest BCUT2D eigenvalue weighted by atomic mass is 10.1. The zero-order valence-electron chi connectivity index (χ0n) is 11.8. The van der Waals surface area contributed by atoms with Crippen molar-refractivity contribution >= 4 is 17.3 Å². The van der Waals surface area contributed by atoms with Crippen molar-refractivity contribution in [2.75, 3.05) is 31.6 Å². The molecule has 0 saturated carbocycles. The Bertz CT molecular complexity index is 405. The van der Waals surface area contributed by atoms with Crippen molar-refractivity contribution in [1.82, 2.24) is 5.32 Å². The van der Waals surface area contributed by atoms with Crippen LogP contribution in [0.5, 0.6) is 0 Å². The van der Waals surface area contributed by atoms with E-state index >= 15 is 0 Å². The SMILES string of the molecule is CCN(CC1CCCO1)c1ccc(Cl)cc1CNC. The molecular weight excluding hydrogens is 260 g/mol. The summed E-state index contributed by atoms with van der Waals surface area (Å²) in [7, 11) is 1.96. The van der Waals surface area contributed by atoms with Gasteiger partial charge in [-0.15, -0.1) is 0 Å². The third-order valence-corrected chi connectivity index (χ3v) is 3.81. The Labute approximate surface area is 120 Å². The zero-order valence-corrected chi connectivity index (χ0v) is 12.5. The normalized spacial score (nSPS) is 18.8. The molecule has 1 unspecified atom stereocenters. The zero-order chi connectivity index (χ0) is 13.7. The van der Waals surface area contributed by atoms with E-state index in [2.05, 4.69) is 23.2 Å². The van der Waals surface area contributed by atoms with Crippen LogP contribution in [0.25, 0.3) is 0 Å². The number of nitrogens with one attached hydrogen (secondary N) is 1. The van der Waals surface area contributed by atoms with Gasteiger partial charge in [-0.1, -0.05) is 11.6 Å². The summed E-state index contributed by atoms with van der Waals surface area (Å²) in [5, 5.41) is 4.00. The number of ether oxygens (including phenoxy) is 1. The molecule has 1 saturated heterocycles. The molecule has 1 aromatic rings. The number of halogens is 1. The fourth-order valence-corrected chi connectivity index (χ4v) is 2.82. The average molecular weight is 283 g/mol. The molecule has 106 valence electrons. The molecule has 0 amide bonds. The Morgan fingerprint density at radius 2 is 2.32 bits per heavy atom. The first-order valence-electron chi connectivity index (χ1n) is 7.04. The predicted octanol–water partition coefficient (Wildman–Crippen LogP) is 3.06. The number of nitrogens with zero attached hydrogens (tertiary/aromatic N) is 1. The van der Waals surface area contributed by atoms with Crippen LogP contribution < -0.4 is 10.2 Å². The van der Waals surface area contributed by atoms with Gasteiger partial charge in [0.05, 0.1) is 6.10 Å². The number of hydrogen-bond donors (Lipinski definition) is 1. The maximum absolute atomic E-state index is 6.10.